The molecule has 0 amide bonds. The van der Waals surface area contributed by atoms with Crippen molar-refractivity contribution in [1.29, 1.82) is 0 Å². The number of nitrogens with two attached hydrogens (primary N) is 1. The van der Waals surface area contributed by atoms with Crippen LogP contribution in [0.2, 0.25) is 0 Å². The molecule has 0 aliphatic rings. The van der Waals surface area contributed by atoms with E-state index in [0.717, 1.165) is 14.5 Å². The van der Waals surface area contributed by atoms with Gasteiger partial charge >= 0.3 is 0 Å². The van der Waals surface area contributed by atoms with Gasteiger partial charge in [0, 0.05) is 20.6 Å². The van der Waals surface area contributed by atoms with Crippen molar-refractivity contribution < 1.29 is 5.11 Å². The van der Waals surface area contributed by atoms with Gasteiger partial charge in [-0.25, -0.2) is 0 Å². The Balaban J connectivity index is 3.28. The van der Waals surface area contributed by atoms with Crippen molar-refractivity contribution >= 4 is 31.9 Å². The number of hydrogen-bond donors (Lipinski definition) is 2. The van der Waals surface area contributed by atoms with Gasteiger partial charge in [-0.15, -0.1) is 0 Å². The SMILES string of the molecule is C[C@@H](N)c1c(O)cc(Br)cc1Br. The summed E-state index contributed by atoms with van der Waals surface area (Å²) in [4.78, 5) is 0. The van der Waals surface area contributed by atoms with Crippen LogP contribution in [-0.2, 0) is 0 Å². The molecule has 0 bridgehead atoms. The van der Waals surface area contributed by atoms with Gasteiger partial charge in [0.25, 0.3) is 0 Å². The average Bonchev–Trinajstić information content (AvgIpc) is 1.82. The van der Waals surface area contributed by atoms with Gasteiger partial charge in [0.2, 0.25) is 0 Å². The molecule has 2 nitrogen and oxygen atoms in total. The summed E-state index contributed by atoms with van der Waals surface area (Å²) in [5.41, 5.74) is 6.39. The van der Waals surface area contributed by atoms with Gasteiger partial charge in [-0.1, -0.05) is 31.9 Å². The minimum absolute atomic E-state index is 0.174. The molecule has 0 fully saturated rings. The monoisotopic (exact) mass is 293 g/mol. The molecule has 0 radical (unpaired) electrons. The minimum Gasteiger partial charge on any atom is -0.508 e. The maximum absolute atomic E-state index is 9.50. The van der Waals surface area contributed by atoms with Crippen molar-refractivity contribution in [3.8, 4) is 5.75 Å². The summed E-state index contributed by atoms with van der Waals surface area (Å²) in [6.45, 7) is 1.83. The Kier molecular flexibility index (Phi) is 3.15. The lowest BCUT2D eigenvalue weighted by atomic mass is 10.1. The van der Waals surface area contributed by atoms with Gasteiger partial charge in [-0.05, 0) is 19.1 Å². The molecule has 0 aliphatic heterocycles. The smallest absolute Gasteiger partial charge is 0.122 e. The Bertz CT molecular complexity index is 276. The number of phenols is 1. The molecule has 1 aromatic rings. The molecule has 1 atom stereocenters. The first-order chi connectivity index (χ1) is 5.52. The fraction of sp³-hybridized carbons (Fsp3) is 0.250. The molecule has 4 heteroatoms. The summed E-state index contributed by atoms with van der Waals surface area (Å²) < 4.78 is 1.65. The van der Waals surface area contributed by atoms with Crippen LogP contribution in [0.4, 0.5) is 0 Å². The van der Waals surface area contributed by atoms with E-state index in [1.807, 2.05) is 13.0 Å². The first-order valence-corrected chi connectivity index (χ1v) is 5.04. The number of benzene rings is 1. The molecule has 1 rings (SSSR count). The zero-order valence-electron chi connectivity index (χ0n) is 6.51. The fourth-order valence-electron chi connectivity index (χ4n) is 1.02. The third-order valence-corrected chi connectivity index (χ3v) is 2.64. The van der Waals surface area contributed by atoms with E-state index in [2.05, 4.69) is 31.9 Å². The zero-order chi connectivity index (χ0) is 9.30. The van der Waals surface area contributed by atoms with Crippen molar-refractivity contribution in [3.63, 3.8) is 0 Å². The third-order valence-electron chi connectivity index (χ3n) is 1.53. The Labute approximate surface area is 88.0 Å². The number of aromatic hydroxyl groups is 1. The quantitative estimate of drug-likeness (QED) is 0.836. The number of hydrogen-bond acceptors (Lipinski definition) is 2. The molecule has 66 valence electrons. The van der Waals surface area contributed by atoms with Crippen molar-refractivity contribution in [2.75, 3.05) is 0 Å². The van der Waals surface area contributed by atoms with Gasteiger partial charge < -0.3 is 10.8 Å². The summed E-state index contributed by atoms with van der Waals surface area (Å²) in [5.74, 6) is 0.214. The summed E-state index contributed by atoms with van der Waals surface area (Å²) in [6, 6.07) is 3.31. The van der Waals surface area contributed by atoms with Crippen molar-refractivity contribution in [1.82, 2.24) is 0 Å². The van der Waals surface area contributed by atoms with Crippen LogP contribution in [0, 0.1) is 0 Å². The van der Waals surface area contributed by atoms with E-state index in [4.69, 9.17) is 5.73 Å². The first kappa shape index (κ1) is 10.0. The second-order valence-corrected chi connectivity index (χ2v) is 4.38. The second-order valence-electron chi connectivity index (χ2n) is 2.61. The van der Waals surface area contributed by atoms with E-state index in [-0.39, 0.29) is 11.8 Å². The Hall–Kier alpha value is -0.0600. The van der Waals surface area contributed by atoms with Crippen molar-refractivity contribution in [2.45, 2.75) is 13.0 Å². The molecule has 12 heavy (non-hydrogen) atoms. The summed E-state index contributed by atoms with van der Waals surface area (Å²) in [6.07, 6.45) is 0. The Morgan fingerprint density at radius 3 is 2.42 bits per heavy atom. The molecular formula is C8H9Br2NO. The van der Waals surface area contributed by atoms with E-state index < -0.39 is 0 Å². The lowest BCUT2D eigenvalue weighted by molar-refractivity contribution is 0.462. The highest BCUT2D eigenvalue weighted by molar-refractivity contribution is 9.11. The van der Waals surface area contributed by atoms with E-state index in [0.29, 0.717) is 0 Å². The number of phenolic OH excluding ortho intramolecular Hbond substituents is 1. The van der Waals surface area contributed by atoms with Gasteiger partial charge in [0.1, 0.15) is 5.75 Å². The van der Waals surface area contributed by atoms with E-state index in [1.54, 1.807) is 6.07 Å². The van der Waals surface area contributed by atoms with Crippen LogP contribution < -0.4 is 5.73 Å². The lowest BCUT2D eigenvalue weighted by Crippen LogP contribution is -2.05. The Morgan fingerprint density at radius 2 is 2.00 bits per heavy atom. The van der Waals surface area contributed by atoms with Crippen LogP contribution in [0.25, 0.3) is 0 Å². The summed E-state index contributed by atoms with van der Waals surface area (Å²) in [7, 11) is 0. The fourth-order valence-corrected chi connectivity index (χ4v) is 2.59. The van der Waals surface area contributed by atoms with Crippen LogP contribution in [-0.4, -0.2) is 5.11 Å². The van der Waals surface area contributed by atoms with E-state index in [1.165, 1.54) is 0 Å². The molecular weight excluding hydrogens is 286 g/mol. The van der Waals surface area contributed by atoms with Gasteiger partial charge in [-0.2, -0.15) is 0 Å². The second kappa shape index (κ2) is 3.77. The Morgan fingerprint density at radius 1 is 1.42 bits per heavy atom. The molecule has 3 N–H and O–H groups in total. The molecule has 1 aromatic carbocycles. The molecule has 0 heterocycles. The summed E-state index contributed by atoms with van der Waals surface area (Å²) in [5, 5.41) is 9.50. The zero-order valence-corrected chi connectivity index (χ0v) is 9.68. The van der Waals surface area contributed by atoms with Crippen LogP contribution >= 0.6 is 31.9 Å². The standard InChI is InChI=1S/C8H9Br2NO/c1-4(11)8-6(10)2-5(9)3-7(8)12/h2-4,12H,11H2,1H3/t4-/m1/s1. The predicted octanol–water partition coefficient (Wildman–Crippen LogP) is 2.94. The van der Waals surface area contributed by atoms with Gasteiger partial charge in [0.05, 0.1) is 0 Å². The number of rotatable bonds is 1. The van der Waals surface area contributed by atoms with Gasteiger partial charge in [-0.3, -0.25) is 0 Å². The maximum atomic E-state index is 9.50. The van der Waals surface area contributed by atoms with Gasteiger partial charge in [0.15, 0.2) is 0 Å². The molecule has 0 aliphatic carbocycles. The van der Waals surface area contributed by atoms with Crippen molar-refractivity contribution in [3.05, 3.63) is 26.6 Å². The average molecular weight is 295 g/mol. The molecule has 0 unspecified atom stereocenters. The largest absolute Gasteiger partial charge is 0.508 e. The van der Waals surface area contributed by atoms with Crippen LogP contribution in [0.3, 0.4) is 0 Å². The normalized spacial score (nSPS) is 13.0. The highest BCUT2D eigenvalue weighted by Gasteiger charge is 2.11. The molecule has 0 saturated heterocycles. The highest BCUT2D eigenvalue weighted by atomic mass is 79.9. The molecule has 0 saturated carbocycles. The highest BCUT2D eigenvalue weighted by Crippen LogP contribution is 2.33. The maximum Gasteiger partial charge on any atom is 0.122 e. The predicted molar refractivity (Wildman–Crippen MR) is 56.1 cm³/mol. The topological polar surface area (TPSA) is 46.2 Å². The lowest BCUT2D eigenvalue weighted by Gasteiger charge is -2.10. The minimum atomic E-state index is -0.174. The van der Waals surface area contributed by atoms with Crippen molar-refractivity contribution in [2.24, 2.45) is 5.73 Å². The third kappa shape index (κ3) is 2.00. The molecule has 0 spiro atoms. The molecule has 0 aromatic heterocycles. The van der Waals surface area contributed by atoms with Crippen LogP contribution in [0.1, 0.15) is 18.5 Å². The summed E-state index contributed by atoms with van der Waals surface area (Å²) >= 11 is 6.59. The first-order valence-electron chi connectivity index (χ1n) is 3.46. The number of halogens is 2. The van der Waals surface area contributed by atoms with Crippen LogP contribution in [0.5, 0.6) is 5.75 Å². The van der Waals surface area contributed by atoms with E-state index in [9.17, 15) is 5.11 Å². The van der Waals surface area contributed by atoms with E-state index >= 15 is 0 Å². The van der Waals surface area contributed by atoms with Crippen LogP contribution in [0.15, 0.2) is 21.1 Å².